The quantitative estimate of drug-likeness (QED) is 0.510. The number of H-pyrrole nitrogens is 1. The molecule has 0 saturated heterocycles. The van der Waals surface area contributed by atoms with Crippen LogP contribution < -0.4 is 0 Å². The first-order valence-corrected chi connectivity index (χ1v) is 3.54. The van der Waals surface area contributed by atoms with Crippen LogP contribution in [0.5, 0.6) is 0 Å². The molecule has 0 fully saturated rings. The molecule has 0 bridgehead atoms. The minimum absolute atomic E-state index is 0.0966. The molecule has 14 heavy (non-hydrogen) atoms. The molecule has 9 heteroatoms. The molecule has 1 aromatic heterocycles. The molecule has 0 amide bonds. The summed E-state index contributed by atoms with van der Waals surface area (Å²) in [6.45, 7) is -0.358. The van der Waals surface area contributed by atoms with Crippen LogP contribution in [0.4, 0.5) is 11.8 Å². The molecule has 2 N–H and O–H groups in total. The number of aliphatic hydroxyl groups is 1. The second kappa shape index (κ2) is 3.79. The maximum atomic E-state index is 10.4. The van der Waals surface area contributed by atoms with Crippen molar-refractivity contribution in [2.24, 2.45) is 0 Å². The van der Waals surface area contributed by atoms with E-state index in [0.29, 0.717) is 0 Å². The molecule has 0 spiro atoms. The zero-order valence-electron chi connectivity index (χ0n) is 6.84. The molecule has 1 rings (SSSR count). The van der Waals surface area contributed by atoms with Crippen LogP contribution in [0.1, 0.15) is 5.69 Å². The van der Waals surface area contributed by atoms with Gasteiger partial charge in [0.2, 0.25) is 5.69 Å². The monoisotopic (exact) mass is 202 g/mol. The number of aliphatic hydroxyl groups excluding tert-OH is 1. The fourth-order valence-corrected chi connectivity index (χ4v) is 0.904. The first kappa shape index (κ1) is 10.1. The van der Waals surface area contributed by atoms with E-state index in [1.807, 2.05) is 4.98 Å². The Hall–Kier alpha value is -2.03. The van der Waals surface area contributed by atoms with Gasteiger partial charge in [-0.25, -0.2) is 0 Å². The number of rotatable bonds is 4. The van der Waals surface area contributed by atoms with Gasteiger partial charge in [-0.1, -0.05) is 4.98 Å². The lowest BCUT2D eigenvalue weighted by Gasteiger charge is -1.90. The third kappa shape index (κ3) is 1.82. The third-order valence-electron chi connectivity index (χ3n) is 1.45. The van der Waals surface area contributed by atoms with Crippen LogP contribution in [0.25, 0.3) is 0 Å². The van der Waals surface area contributed by atoms with E-state index in [-0.39, 0.29) is 18.7 Å². The van der Waals surface area contributed by atoms with E-state index in [1.54, 1.807) is 0 Å². The normalized spacial score (nSPS) is 10.1. The Morgan fingerprint density at radius 2 is 2.00 bits per heavy atom. The minimum Gasteiger partial charge on any atom is -0.396 e. The zero-order valence-corrected chi connectivity index (χ0v) is 6.84. The SMILES string of the molecule is O=[N+]([O-])c1nc(CCO)c([N+](=O)[O-])[nH]1. The van der Waals surface area contributed by atoms with E-state index >= 15 is 0 Å². The highest BCUT2D eigenvalue weighted by molar-refractivity contribution is 5.32. The van der Waals surface area contributed by atoms with Crippen molar-refractivity contribution in [3.63, 3.8) is 0 Å². The molecule has 0 saturated carbocycles. The Balaban J connectivity index is 3.12. The van der Waals surface area contributed by atoms with Gasteiger partial charge in [-0.2, -0.15) is 4.98 Å². The number of nitrogens with one attached hydrogen (secondary N) is 1. The number of nitrogens with zero attached hydrogens (tertiary/aromatic N) is 3. The summed E-state index contributed by atoms with van der Waals surface area (Å²) < 4.78 is 0. The number of aromatic amines is 1. The molecule has 1 aromatic rings. The summed E-state index contributed by atoms with van der Waals surface area (Å²) >= 11 is 0. The summed E-state index contributed by atoms with van der Waals surface area (Å²) in [5.74, 6) is -1.24. The lowest BCUT2D eigenvalue weighted by Crippen LogP contribution is -1.97. The van der Waals surface area contributed by atoms with Gasteiger partial charge in [0.05, 0.1) is 6.61 Å². The van der Waals surface area contributed by atoms with Crippen LogP contribution in [0.3, 0.4) is 0 Å². The van der Waals surface area contributed by atoms with Gasteiger partial charge in [-0.05, 0) is 9.85 Å². The van der Waals surface area contributed by atoms with Crippen LogP contribution in [0, 0.1) is 20.2 Å². The van der Waals surface area contributed by atoms with E-state index in [4.69, 9.17) is 5.11 Å². The Bertz CT molecular complexity index is 372. The van der Waals surface area contributed by atoms with Gasteiger partial charge in [0.25, 0.3) is 0 Å². The third-order valence-corrected chi connectivity index (χ3v) is 1.45. The van der Waals surface area contributed by atoms with Crippen LogP contribution in [-0.2, 0) is 6.42 Å². The summed E-state index contributed by atoms with van der Waals surface area (Å²) in [7, 11) is 0. The van der Waals surface area contributed by atoms with Crippen molar-refractivity contribution in [1.82, 2.24) is 9.97 Å². The Labute approximate surface area is 76.7 Å². The average molecular weight is 202 g/mol. The van der Waals surface area contributed by atoms with Crippen LogP contribution in [0.2, 0.25) is 0 Å². The highest BCUT2D eigenvalue weighted by atomic mass is 16.6. The van der Waals surface area contributed by atoms with Gasteiger partial charge in [0.1, 0.15) is 0 Å². The maximum Gasteiger partial charge on any atom is 0.464 e. The Morgan fingerprint density at radius 1 is 1.36 bits per heavy atom. The maximum absolute atomic E-state index is 10.4. The van der Waals surface area contributed by atoms with Crippen molar-refractivity contribution in [2.45, 2.75) is 6.42 Å². The molecular formula is C5H6N4O5. The predicted molar refractivity (Wildman–Crippen MR) is 42.7 cm³/mol. The first-order valence-electron chi connectivity index (χ1n) is 3.54. The van der Waals surface area contributed by atoms with Gasteiger partial charge in [-0.3, -0.25) is 0 Å². The second-order valence-corrected chi connectivity index (χ2v) is 2.34. The molecule has 0 aliphatic rings. The second-order valence-electron chi connectivity index (χ2n) is 2.34. The fraction of sp³-hybridized carbons (Fsp3) is 0.400. The summed E-state index contributed by atoms with van der Waals surface area (Å²) in [6, 6.07) is 0. The lowest BCUT2D eigenvalue weighted by atomic mass is 10.3. The van der Waals surface area contributed by atoms with Gasteiger partial charge in [0, 0.05) is 6.42 Å². The van der Waals surface area contributed by atoms with Crippen LogP contribution in [-0.4, -0.2) is 31.5 Å². The van der Waals surface area contributed by atoms with Crippen molar-refractivity contribution in [3.05, 3.63) is 25.9 Å². The smallest absolute Gasteiger partial charge is 0.396 e. The molecular weight excluding hydrogens is 196 g/mol. The molecule has 0 aromatic carbocycles. The molecule has 1 heterocycles. The summed E-state index contributed by atoms with van der Waals surface area (Å²) in [5, 5.41) is 29.1. The number of nitro groups is 2. The lowest BCUT2D eigenvalue weighted by molar-refractivity contribution is -0.402. The standard InChI is InChI=1S/C5H6N4O5/c10-2-1-3-4(8(11)12)7-5(6-3)9(13)14/h10H,1-2H2,(H,6,7). The van der Waals surface area contributed by atoms with Crippen molar-refractivity contribution >= 4 is 11.8 Å². The van der Waals surface area contributed by atoms with Gasteiger partial charge in [-0.15, -0.1) is 0 Å². The van der Waals surface area contributed by atoms with E-state index in [9.17, 15) is 20.2 Å². The highest BCUT2D eigenvalue weighted by Gasteiger charge is 2.25. The fourth-order valence-electron chi connectivity index (χ4n) is 0.904. The molecule has 0 aliphatic heterocycles. The van der Waals surface area contributed by atoms with Gasteiger partial charge < -0.3 is 25.3 Å². The van der Waals surface area contributed by atoms with Gasteiger partial charge >= 0.3 is 11.8 Å². The van der Waals surface area contributed by atoms with E-state index < -0.39 is 21.6 Å². The van der Waals surface area contributed by atoms with Gasteiger partial charge in [0.15, 0.2) is 0 Å². The number of aromatic nitrogens is 2. The van der Waals surface area contributed by atoms with Crippen molar-refractivity contribution in [3.8, 4) is 0 Å². The molecule has 9 nitrogen and oxygen atoms in total. The number of imidazole rings is 1. The number of hydrogen-bond donors (Lipinski definition) is 2. The van der Waals surface area contributed by atoms with E-state index in [1.165, 1.54) is 0 Å². The highest BCUT2D eigenvalue weighted by Crippen LogP contribution is 2.19. The number of hydrogen-bond acceptors (Lipinski definition) is 6. The average Bonchev–Trinajstić information content (AvgIpc) is 2.49. The van der Waals surface area contributed by atoms with Crippen molar-refractivity contribution in [2.75, 3.05) is 6.61 Å². The minimum atomic E-state index is -0.867. The molecule has 0 aliphatic carbocycles. The Morgan fingerprint density at radius 3 is 2.43 bits per heavy atom. The Kier molecular flexibility index (Phi) is 2.72. The van der Waals surface area contributed by atoms with E-state index in [0.717, 1.165) is 0 Å². The summed E-state index contributed by atoms with van der Waals surface area (Å²) in [6.07, 6.45) is -0.0966. The van der Waals surface area contributed by atoms with E-state index in [2.05, 4.69) is 4.98 Å². The topological polar surface area (TPSA) is 135 Å². The molecule has 0 radical (unpaired) electrons. The first-order chi connectivity index (χ1) is 6.56. The summed E-state index contributed by atoms with van der Waals surface area (Å²) in [5.41, 5.74) is -0.121. The van der Waals surface area contributed by atoms with Crippen LogP contribution >= 0.6 is 0 Å². The largest absolute Gasteiger partial charge is 0.464 e. The van der Waals surface area contributed by atoms with Crippen LogP contribution in [0.15, 0.2) is 0 Å². The predicted octanol–water partition coefficient (Wildman–Crippen LogP) is -0.239. The molecule has 0 unspecified atom stereocenters. The molecule has 0 atom stereocenters. The summed E-state index contributed by atoms with van der Waals surface area (Å²) in [4.78, 5) is 24.2. The zero-order chi connectivity index (χ0) is 10.7. The molecule has 76 valence electrons. The van der Waals surface area contributed by atoms with Crippen molar-refractivity contribution in [1.29, 1.82) is 0 Å². The van der Waals surface area contributed by atoms with Crippen molar-refractivity contribution < 1.29 is 15.0 Å².